The Morgan fingerprint density at radius 3 is 2.35 bits per heavy atom. The normalized spacial score (nSPS) is 16.7. The molecule has 1 atom stereocenters. The lowest BCUT2D eigenvalue weighted by molar-refractivity contribution is -0.117. The van der Waals surface area contributed by atoms with Gasteiger partial charge in [0.25, 0.3) is 11.9 Å². The molecule has 2 heterocycles. The van der Waals surface area contributed by atoms with Gasteiger partial charge >= 0.3 is 0 Å². The van der Waals surface area contributed by atoms with Crippen LogP contribution in [0.3, 0.4) is 0 Å². The second-order valence-corrected chi connectivity index (χ2v) is 5.74. The summed E-state index contributed by atoms with van der Waals surface area (Å²) in [6.45, 7) is 0.0808. The summed E-state index contributed by atoms with van der Waals surface area (Å²) in [5.41, 5.74) is -0.460. The van der Waals surface area contributed by atoms with E-state index in [0.29, 0.717) is 17.9 Å². The number of hydrogen-bond donors (Lipinski definition) is 1. The van der Waals surface area contributed by atoms with Gasteiger partial charge < -0.3 is 15.0 Å². The summed E-state index contributed by atoms with van der Waals surface area (Å²) >= 11 is 0. The van der Waals surface area contributed by atoms with E-state index in [1.165, 1.54) is 7.11 Å². The van der Waals surface area contributed by atoms with Crippen molar-refractivity contribution < 1.29 is 27.1 Å². The van der Waals surface area contributed by atoms with Crippen LogP contribution in [0, 0.1) is 23.5 Å². The average molecular weight is 369 g/mol. The Balaban J connectivity index is 1.85. The minimum atomic E-state index is -1.75. The van der Waals surface area contributed by atoms with Gasteiger partial charge in [0.05, 0.1) is 7.11 Å². The fourth-order valence-corrected chi connectivity index (χ4v) is 2.94. The van der Waals surface area contributed by atoms with Crippen LogP contribution in [0.15, 0.2) is 24.3 Å². The predicted molar refractivity (Wildman–Crippen MR) is 86.1 cm³/mol. The number of pyridine rings is 1. The summed E-state index contributed by atoms with van der Waals surface area (Å²) in [4.78, 5) is 16.1. The summed E-state index contributed by atoms with van der Waals surface area (Å²) in [5.74, 6) is -6.68. The topological polar surface area (TPSA) is 54.5 Å². The lowest BCUT2D eigenvalue weighted by Crippen LogP contribution is -2.41. The van der Waals surface area contributed by atoms with Crippen LogP contribution < -0.4 is 15.0 Å². The number of nitrogens with zero attached hydrogens (tertiary/aromatic N) is 2. The number of methoxy groups -OCH3 is 1. The zero-order chi connectivity index (χ0) is 18.8. The Morgan fingerprint density at radius 1 is 1.15 bits per heavy atom. The van der Waals surface area contributed by atoms with E-state index in [1.54, 1.807) is 24.3 Å². The molecule has 1 saturated heterocycles. The van der Waals surface area contributed by atoms with Crippen molar-refractivity contribution in [1.82, 2.24) is 4.98 Å². The highest BCUT2D eigenvalue weighted by atomic mass is 19.2. The predicted octanol–water partition coefficient (Wildman–Crippen LogP) is 3.25. The summed E-state index contributed by atoms with van der Waals surface area (Å²) in [7, 11) is 1.50. The first-order valence-electron chi connectivity index (χ1n) is 7.84. The summed E-state index contributed by atoms with van der Waals surface area (Å²) in [6, 6.07) is 5.50. The van der Waals surface area contributed by atoms with Crippen LogP contribution in [-0.2, 0) is 4.79 Å². The molecule has 1 aliphatic heterocycles. The molecule has 3 rings (SSSR count). The zero-order valence-electron chi connectivity index (χ0n) is 13.7. The molecule has 9 heteroatoms. The lowest BCUT2D eigenvalue weighted by Gasteiger charge is -2.26. The van der Waals surface area contributed by atoms with Crippen LogP contribution in [0.2, 0.25) is 0 Å². The highest BCUT2D eigenvalue weighted by Crippen LogP contribution is 2.32. The minimum Gasteiger partial charge on any atom is -0.497 e. The monoisotopic (exact) mass is 369 g/mol. The van der Waals surface area contributed by atoms with Crippen molar-refractivity contribution in [2.45, 2.75) is 18.9 Å². The molecule has 1 aromatic heterocycles. The van der Waals surface area contributed by atoms with E-state index in [-0.39, 0.29) is 13.0 Å². The number of carbonyl (C=O) groups is 1. The van der Waals surface area contributed by atoms with E-state index in [0.717, 1.165) is 4.90 Å². The smallest absolute Gasteiger partial charge is 0.253 e. The number of ether oxygens (including phenoxy) is 1. The van der Waals surface area contributed by atoms with Crippen molar-refractivity contribution >= 4 is 17.3 Å². The van der Waals surface area contributed by atoms with Gasteiger partial charge in [-0.1, -0.05) is 0 Å². The number of aromatic nitrogens is 1. The van der Waals surface area contributed by atoms with E-state index in [4.69, 9.17) is 4.74 Å². The maximum atomic E-state index is 14.0. The van der Waals surface area contributed by atoms with E-state index < -0.39 is 41.2 Å². The van der Waals surface area contributed by atoms with Gasteiger partial charge in [0.1, 0.15) is 17.5 Å². The number of anilines is 2. The fraction of sp³-hybridized carbons (Fsp3) is 0.294. The van der Waals surface area contributed by atoms with Crippen LogP contribution in [-0.4, -0.2) is 30.6 Å². The third-order valence-corrected chi connectivity index (χ3v) is 4.17. The van der Waals surface area contributed by atoms with Crippen molar-refractivity contribution in [3.8, 4) is 5.75 Å². The van der Waals surface area contributed by atoms with Gasteiger partial charge in [-0.15, -0.1) is 0 Å². The average Bonchev–Trinajstić information content (AvgIpc) is 3.10. The third kappa shape index (κ3) is 3.29. The number of halogens is 4. The Morgan fingerprint density at radius 2 is 1.77 bits per heavy atom. The molecule has 1 fully saturated rings. The largest absolute Gasteiger partial charge is 0.497 e. The van der Waals surface area contributed by atoms with Gasteiger partial charge in [0, 0.05) is 12.2 Å². The van der Waals surface area contributed by atoms with Gasteiger partial charge in [-0.25, -0.2) is 0 Å². The number of amides is 1. The summed E-state index contributed by atoms with van der Waals surface area (Å²) in [6.07, 6.45) is 0.720. The minimum absolute atomic E-state index is 0.0808. The highest BCUT2D eigenvalue weighted by Gasteiger charge is 2.36. The van der Waals surface area contributed by atoms with Crippen molar-refractivity contribution in [3.63, 3.8) is 0 Å². The van der Waals surface area contributed by atoms with E-state index >= 15 is 0 Å². The van der Waals surface area contributed by atoms with Gasteiger partial charge in [-0.2, -0.15) is 22.5 Å². The first-order valence-corrected chi connectivity index (χ1v) is 7.84. The van der Waals surface area contributed by atoms with Crippen LogP contribution in [0.5, 0.6) is 5.75 Å². The summed E-state index contributed by atoms with van der Waals surface area (Å²) in [5, 5.41) is 2.62. The first kappa shape index (κ1) is 18.0. The third-order valence-electron chi connectivity index (χ3n) is 4.17. The molecule has 0 spiro atoms. The zero-order valence-corrected chi connectivity index (χ0v) is 13.7. The molecule has 1 amide bonds. The molecular weight excluding hydrogens is 354 g/mol. The molecule has 26 heavy (non-hydrogen) atoms. The molecule has 0 aliphatic carbocycles. The van der Waals surface area contributed by atoms with E-state index in [2.05, 4.69) is 10.3 Å². The molecule has 0 saturated carbocycles. The molecule has 5 nitrogen and oxygen atoms in total. The fourth-order valence-electron chi connectivity index (χ4n) is 2.94. The molecule has 2 aromatic rings. The Bertz CT molecular complexity index is 803. The number of rotatable bonds is 4. The second kappa shape index (κ2) is 7.19. The number of carbonyl (C=O) groups excluding carboxylic acids is 1. The quantitative estimate of drug-likeness (QED) is 0.664. The highest BCUT2D eigenvalue weighted by molar-refractivity contribution is 5.97. The molecular formula is C17H15F4N3O2. The van der Waals surface area contributed by atoms with Gasteiger partial charge in [0.2, 0.25) is 17.5 Å². The molecule has 0 radical (unpaired) electrons. The molecule has 138 valence electrons. The molecule has 1 unspecified atom stereocenters. The van der Waals surface area contributed by atoms with Gasteiger partial charge in [-0.3, -0.25) is 4.79 Å². The van der Waals surface area contributed by atoms with Crippen molar-refractivity contribution in [3.05, 3.63) is 47.8 Å². The van der Waals surface area contributed by atoms with Crippen LogP contribution in [0.4, 0.5) is 28.9 Å². The molecule has 1 aliphatic rings. The van der Waals surface area contributed by atoms with Gasteiger partial charge in [-0.05, 0) is 37.1 Å². The Kier molecular flexibility index (Phi) is 4.97. The van der Waals surface area contributed by atoms with Crippen molar-refractivity contribution in [1.29, 1.82) is 0 Å². The Labute approximate surface area is 146 Å². The standard InChI is InChI=1S/C17H15F4N3O2/c1-26-10-6-4-9(5-7-10)22-17(25)11-3-2-8-24(11)14-12(18)15(20)23-16(21)13(14)19/h4-7,11H,2-3,8H2,1H3,(H,22,25). The molecule has 1 N–H and O–H groups in total. The second-order valence-electron chi connectivity index (χ2n) is 5.74. The maximum absolute atomic E-state index is 14.0. The first-order chi connectivity index (χ1) is 12.4. The maximum Gasteiger partial charge on any atom is 0.253 e. The lowest BCUT2D eigenvalue weighted by atomic mass is 10.2. The van der Waals surface area contributed by atoms with Crippen LogP contribution >= 0.6 is 0 Å². The van der Waals surface area contributed by atoms with E-state index in [1.807, 2.05) is 0 Å². The van der Waals surface area contributed by atoms with Crippen LogP contribution in [0.1, 0.15) is 12.8 Å². The van der Waals surface area contributed by atoms with E-state index in [9.17, 15) is 22.4 Å². The SMILES string of the molecule is COc1ccc(NC(=O)C2CCCN2c2c(F)c(F)nc(F)c2F)cc1. The number of nitrogens with one attached hydrogen (secondary N) is 1. The van der Waals surface area contributed by atoms with Crippen LogP contribution in [0.25, 0.3) is 0 Å². The molecule has 0 bridgehead atoms. The molecule has 1 aromatic carbocycles. The summed E-state index contributed by atoms with van der Waals surface area (Å²) < 4.78 is 59.8. The Hall–Kier alpha value is -2.84. The number of benzene rings is 1. The van der Waals surface area contributed by atoms with Crippen molar-refractivity contribution in [2.24, 2.45) is 0 Å². The van der Waals surface area contributed by atoms with Crippen molar-refractivity contribution in [2.75, 3.05) is 23.9 Å². The number of hydrogen-bond acceptors (Lipinski definition) is 4. The van der Waals surface area contributed by atoms with Gasteiger partial charge in [0.15, 0.2) is 0 Å².